The van der Waals surface area contributed by atoms with Gasteiger partial charge in [0.1, 0.15) is 5.82 Å². The summed E-state index contributed by atoms with van der Waals surface area (Å²) in [6.07, 6.45) is 1.31. The summed E-state index contributed by atoms with van der Waals surface area (Å²) in [7, 11) is 1.67. The first kappa shape index (κ1) is 25.6. The molecule has 0 aromatic heterocycles. The van der Waals surface area contributed by atoms with Crippen LogP contribution in [0.1, 0.15) is 25.8 Å². The fraction of sp³-hybridized carbons (Fsp3) is 0.579. The van der Waals surface area contributed by atoms with Crippen molar-refractivity contribution in [2.75, 3.05) is 33.4 Å². The first-order chi connectivity index (χ1) is 12.4. The van der Waals surface area contributed by atoms with Crippen LogP contribution in [-0.2, 0) is 16.0 Å². The molecule has 0 fully saturated rings. The molecule has 0 bridgehead atoms. The van der Waals surface area contributed by atoms with E-state index in [-0.39, 0.29) is 29.8 Å². The van der Waals surface area contributed by atoms with Gasteiger partial charge in [0.05, 0.1) is 5.92 Å². The van der Waals surface area contributed by atoms with Crippen LogP contribution in [0.15, 0.2) is 29.3 Å². The zero-order valence-corrected chi connectivity index (χ0v) is 18.7. The molecule has 1 unspecified atom stereocenters. The van der Waals surface area contributed by atoms with Gasteiger partial charge in [0.15, 0.2) is 5.96 Å². The van der Waals surface area contributed by atoms with Gasteiger partial charge in [-0.1, -0.05) is 26.0 Å². The van der Waals surface area contributed by atoms with E-state index in [0.29, 0.717) is 31.4 Å². The maximum absolute atomic E-state index is 13.0. The highest BCUT2D eigenvalue weighted by Crippen LogP contribution is 2.09. The van der Waals surface area contributed by atoms with Crippen LogP contribution in [0.25, 0.3) is 0 Å². The molecule has 0 radical (unpaired) electrons. The van der Waals surface area contributed by atoms with Gasteiger partial charge < -0.3 is 21.1 Å². The standard InChI is InChI=1S/C19H31FN4O2.HI/c1-14(2)13-26-10-4-9-23-19(22-3)24-12-16(18(21)25)11-15-5-7-17(20)8-6-15;/h5-8,14,16H,4,9-13H2,1-3H3,(H2,21,25)(H2,22,23,24);1H. The molecule has 8 heteroatoms. The third-order valence-electron chi connectivity index (χ3n) is 3.75. The lowest BCUT2D eigenvalue weighted by Crippen LogP contribution is -2.43. The lowest BCUT2D eigenvalue weighted by molar-refractivity contribution is -0.121. The fourth-order valence-electron chi connectivity index (χ4n) is 2.32. The van der Waals surface area contributed by atoms with Crippen LogP contribution < -0.4 is 16.4 Å². The molecule has 0 spiro atoms. The van der Waals surface area contributed by atoms with Crippen LogP contribution in [0.2, 0.25) is 0 Å². The Morgan fingerprint density at radius 1 is 1.26 bits per heavy atom. The van der Waals surface area contributed by atoms with E-state index >= 15 is 0 Å². The molecule has 0 aliphatic rings. The molecule has 1 aromatic rings. The molecular weight excluding hydrogens is 462 g/mol. The zero-order valence-electron chi connectivity index (χ0n) is 16.3. The number of hydrogen-bond donors (Lipinski definition) is 3. The number of carbonyl (C=O) groups is 1. The predicted octanol–water partition coefficient (Wildman–Crippen LogP) is 2.32. The van der Waals surface area contributed by atoms with E-state index in [9.17, 15) is 9.18 Å². The van der Waals surface area contributed by atoms with Gasteiger partial charge in [0, 0.05) is 33.4 Å². The molecular formula is C19H32FIN4O2. The monoisotopic (exact) mass is 494 g/mol. The van der Waals surface area contributed by atoms with Gasteiger partial charge in [-0.2, -0.15) is 0 Å². The Morgan fingerprint density at radius 3 is 2.48 bits per heavy atom. The van der Waals surface area contributed by atoms with Gasteiger partial charge >= 0.3 is 0 Å². The maximum Gasteiger partial charge on any atom is 0.222 e. The Labute approximate surface area is 178 Å². The van der Waals surface area contributed by atoms with Crippen molar-refractivity contribution in [1.82, 2.24) is 10.6 Å². The molecule has 0 saturated carbocycles. The highest BCUT2D eigenvalue weighted by Gasteiger charge is 2.16. The summed E-state index contributed by atoms with van der Waals surface area (Å²) < 4.78 is 18.5. The van der Waals surface area contributed by atoms with E-state index in [1.54, 1.807) is 19.2 Å². The van der Waals surface area contributed by atoms with Crippen LogP contribution in [0.5, 0.6) is 0 Å². The SMILES string of the molecule is CN=C(NCCCOCC(C)C)NCC(Cc1ccc(F)cc1)C(N)=O.I. The fourth-order valence-corrected chi connectivity index (χ4v) is 2.32. The number of rotatable bonds is 11. The van der Waals surface area contributed by atoms with E-state index < -0.39 is 11.8 Å². The van der Waals surface area contributed by atoms with E-state index in [0.717, 1.165) is 25.1 Å². The average molecular weight is 494 g/mol. The Kier molecular flexibility index (Phi) is 13.8. The number of primary amides is 1. The van der Waals surface area contributed by atoms with Crippen molar-refractivity contribution >= 4 is 35.8 Å². The van der Waals surface area contributed by atoms with Crippen LogP contribution in [-0.4, -0.2) is 45.2 Å². The first-order valence-corrected chi connectivity index (χ1v) is 8.98. The lowest BCUT2D eigenvalue weighted by Gasteiger charge is -2.17. The van der Waals surface area contributed by atoms with Crippen LogP contribution >= 0.6 is 24.0 Å². The molecule has 4 N–H and O–H groups in total. The summed E-state index contributed by atoms with van der Waals surface area (Å²) >= 11 is 0. The number of nitrogens with two attached hydrogens (primary N) is 1. The molecule has 1 atom stereocenters. The second kappa shape index (κ2) is 14.6. The number of hydrogen-bond acceptors (Lipinski definition) is 3. The first-order valence-electron chi connectivity index (χ1n) is 8.98. The molecule has 1 rings (SSSR count). The molecule has 1 aromatic carbocycles. The predicted molar refractivity (Wildman–Crippen MR) is 118 cm³/mol. The quantitative estimate of drug-likeness (QED) is 0.191. The molecule has 1 amide bonds. The van der Waals surface area contributed by atoms with Gasteiger partial charge in [-0.15, -0.1) is 24.0 Å². The van der Waals surface area contributed by atoms with Crippen molar-refractivity contribution in [2.45, 2.75) is 26.7 Å². The molecule has 154 valence electrons. The summed E-state index contributed by atoms with van der Waals surface area (Å²) in [6, 6.07) is 6.08. The van der Waals surface area contributed by atoms with Crippen LogP contribution in [0.3, 0.4) is 0 Å². The molecule has 0 saturated heterocycles. The van der Waals surface area contributed by atoms with Crippen LogP contribution in [0.4, 0.5) is 4.39 Å². The number of ether oxygens (including phenoxy) is 1. The van der Waals surface area contributed by atoms with Gasteiger partial charge in [-0.05, 0) is 36.5 Å². The largest absolute Gasteiger partial charge is 0.381 e. The molecule has 27 heavy (non-hydrogen) atoms. The summed E-state index contributed by atoms with van der Waals surface area (Å²) in [5.74, 6) is 0.0284. The highest BCUT2D eigenvalue weighted by atomic mass is 127. The average Bonchev–Trinajstić information content (AvgIpc) is 2.60. The van der Waals surface area contributed by atoms with Crippen molar-refractivity contribution in [3.8, 4) is 0 Å². The molecule has 0 aliphatic heterocycles. The minimum atomic E-state index is -0.409. The van der Waals surface area contributed by atoms with E-state index in [4.69, 9.17) is 10.5 Å². The van der Waals surface area contributed by atoms with Gasteiger partial charge in [0.2, 0.25) is 5.91 Å². The minimum Gasteiger partial charge on any atom is -0.381 e. The van der Waals surface area contributed by atoms with Gasteiger partial charge in [-0.25, -0.2) is 4.39 Å². The third kappa shape index (κ3) is 11.8. The van der Waals surface area contributed by atoms with Crippen molar-refractivity contribution in [3.05, 3.63) is 35.6 Å². The van der Waals surface area contributed by atoms with Gasteiger partial charge in [-0.3, -0.25) is 9.79 Å². The third-order valence-corrected chi connectivity index (χ3v) is 3.75. The van der Waals surface area contributed by atoms with Crippen molar-refractivity contribution < 1.29 is 13.9 Å². The second-order valence-corrected chi connectivity index (χ2v) is 6.63. The zero-order chi connectivity index (χ0) is 19.4. The summed E-state index contributed by atoms with van der Waals surface area (Å²) in [5, 5.41) is 6.30. The topological polar surface area (TPSA) is 88.7 Å². The Morgan fingerprint density at radius 2 is 1.93 bits per heavy atom. The summed E-state index contributed by atoms with van der Waals surface area (Å²) in [5.41, 5.74) is 6.35. The highest BCUT2D eigenvalue weighted by molar-refractivity contribution is 14.0. The summed E-state index contributed by atoms with van der Waals surface area (Å²) in [4.78, 5) is 15.8. The number of guanidine groups is 1. The smallest absolute Gasteiger partial charge is 0.222 e. The Bertz CT molecular complexity index is 567. The number of halogens is 2. The number of nitrogens with zero attached hydrogens (tertiary/aromatic N) is 1. The van der Waals surface area contributed by atoms with Crippen molar-refractivity contribution in [3.63, 3.8) is 0 Å². The normalized spacial score (nSPS) is 12.4. The molecule has 0 aliphatic carbocycles. The maximum atomic E-state index is 13.0. The van der Waals surface area contributed by atoms with E-state index in [2.05, 4.69) is 29.5 Å². The number of nitrogens with one attached hydrogen (secondary N) is 2. The van der Waals surface area contributed by atoms with Gasteiger partial charge in [0.25, 0.3) is 0 Å². The molecule has 6 nitrogen and oxygen atoms in total. The molecule has 0 heterocycles. The lowest BCUT2D eigenvalue weighted by atomic mass is 9.98. The number of benzene rings is 1. The minimum absolute atomic E-state index is 0. The second-order valence-electron chi connectivity index (χ2n) is 6.63. The summed E-state index contributed by atoms with van der Waals surface area (Å²) in [6.45, 7) is 6.76. The van der Waals surface area contributed by atoms with Crippen molar-refractivity contribution in [1.29, 1.82) is 0 Å². The number of carbonyl (C=O) groups excluding carboxylic acids is 1. The number of aliphatic imine (C=N–C) groups is 1. The Balaban J connectivity index is 0.00000676. The van der Waals surface area contributed by atoms with Crippen molar-refractivity contribution in [2.24, 2.45) is 22.6 Å². The van der Waals surface area contributed by atoms with E-state index in [1.807, 2.05) is 0 Å². The van der Waals surface area contributed by atoms with Crippen LogP contribution in [0, 0.1) is 17.7 Å². The number of amides is 1. The Hall–Kier alpha value is -1.42. The van der Waals surface area contributed by atoms with E-state index in [1.165, 1.54) is 12.1 Å².